The van der Waals surface area contributed by atoms with E-state index >= 15 is 0 Å². The van der Waals surface area contributed by atoms with Gasteiger partial charge in [-0.2, -0.15) is 0 Å². The summed E-state index contributed by atoms with van der Waals surface area (Å²) in [7, 11) is 0. The first-order valence-electron chi connectivity index (χ1n) is 6.84. The van der Waals surface area contributed by atoms with Gasteiger partial charge in [-0.3, -0.25) is 5.43 Å². The SMILES string of the molecule is CCCNNC(=O)OC(C)(C)C.c1cc2cc(c1)OC2. The molecule has 1 aliphatic rings. The van der Waals surface area contributed by atoms with Crippen LogP contribution in [0.2, 0.25) is 0 Å². The summed E-state index contributed by atoms with van der Waals surface area (Å²) in [5, 5.41) is 0. The summed E-state index contributed by atoms with van der Waals surface area (Å²) in [6, 6.07) is 8.10. The molecule has 1 aromatic carbocycles. The number of hydrogen-bond acceptors (Lipinski definition) is 4. The van der Waals surface area contributed by atoms with E-state index < -0.39 is 11.7 Å². The maximum Gasteiger partial charge on any atom is 0.422 e. The topological polar surface area (TPSA) is 59.6 Å². The van der Waals surface area contributed by atoms with Gasteiger partial charge in [-0.05, 0) is 44.9 Å². The van der Waals surface area contributed by atoms with Crippen molar-refractivity contribution in [3.63, 3.8) is 0 Å². The van der Waals surface area contributed by atoms with E-state index in [0.717, 1.165) is 25.3 Å². The highest BCUT2D eigenvalue weighted by Gasteiger charge is 2.15. The molecule has 0 saturated carbocycles. The molecule has 5 nitrogen and oxygen atoms in total. The van der Waals surface area contributed by atoms with E-state index in [1.807, 2.05) is 39.8 Å². The van der Waals surface area contributed by atoms with Crippen molar-refractivity contribution in [3.8, 4) is 5.75 Å². The van der Waals surface area contributed by atoms with Crippen LogP contribution in [0.25, 0.3) is 0 Å². The van der Waals surface area contributed by atoms with E-state index in [1.54, 1.807) is 0 Å². The lowest BCUT2D eigenvalue weighted by molar-refractivity contribution is 0.0498. The van der Waals surface area contributed by atoms with Crippen molar-refractivity contribution in [3.05, 3.63) is 29.8 Å². The lowest BCUT2D eigenvalue weighted by Gasteiger charge is -2.19. The maximum absolute atomic E-state index is 10.9. The van der Waals surface area contributed by atoms with Gasteiger partial charge in [-0.15, -0.1) is 0 Å². The Morgan fingerprint density at radius 2 is 2.15 bits per heavy atom. The van der Waals surface area contributed by atoms with E-state index in [9.17, 15) is 4.79 Å². The predicted molar refractivity (Wildman–Crippen MR) is 78.4 cm³/mol. The largest absolute Gasteiger partial charge is 0.489 e. The number of hydrogen-bond donors (Lipinski definition) is 2. The Bertz CT molecular complexity index is 408. The highest BCUT2D eigenvalue weighted by molar-refractivity contribution is 5.66. The second kappa shape index (κ2) is 7.75. The fourth-order valence-corrected chi connectivity index (χ4v) is 1.46. The average Bonchev–Trinajstić information content (AvgIpc) is 2.67. The van der Waals surface area contributed by atoms with Gasteiger partial charge in [0.1, 0.15) is 18.0 Å². The second-order valence-electron chi connectivity index (χ2n) is 5.49. The van der Waals surface area contributed by atoms with Gasteiger partial charge in [0.15, 0.2) is 0 Å². The Balaban J connectivity index is 0.000000212. The first-order valence-corrected chi connectivity index (χ1v) is 6.84. The zero-order valence-electron chi connectivity index (χ0n) is 12.7. The number of amides is 1. The lowest BCUT2D eigenvalue weighted by atomic mass is 10.2. The zero-order chi connectivity index (χ0) is 15.0. The summed E-state index contributed by atoms with van der Waals surface area (Å²) in [5.74, 6) is 1.00. The summed E-state index contributed by atoms with van der Waals surface area (Å²) in [5.41, 5.74) is 6.01. The third-order valence-electron chi connectivity index (χ3n) is 2.27. The highest BCUT2D eigenvalue weighted by Crippen LogP contribution is 2.20. The monoisotopic (exact) mass is 280 g/mol. The van der Waals surface area contributed by atoms with Crippen molar-refractivity contribution in [1.29, 1.82) is 0 Å². The number of carbonyl (C=O) groups is 1. The van der Waals surface area contributed by atoms with Crippen LogP contribution in [0.5, 0.6) is 5.75 Å². The molecule has 1 heterocycles. The minimum Gasteiger partial charge on any atom is -0.489 e. The van der Waals surface area contributed by atoms with Crippen LogP contribution in [-0.2, 0) is 11.3 Å². The number of fused-ring (bicyclic) bond motifs is 2. The van der Waals surface area contributed by atoms with Gasteiger partial charge in [0.25, 0.3) is 0 Å². The van der Waals surface area contributed by atoms with Gasteiger partial charge in [0, 0.05) is 6.54 Å². The molecule has 0 aromatic heterocycles. The molecule has 20 heavy (non-hydrogen) atoms. The van der Waals surface area contributed by atoms with Crippen LogP contribution >= 0.6 is 0 Å². The first kappa shape index (κ1) is 16.3. The normalized spacial score (nSPS) is 12.0. The van der Waals surface area contributed by atoms with Crippen LogP contribution in [0.4, 0.5) is 4.79 Å². The van der Waals surface area contributed by atoms with Crippen LogP contribution in [0.3, 0.4) is 0 Å². The lowest BCUT2D eigenvalue weighted by Crippen LogP contribution is -2.41. The van der Waals surface area contributed by atoms with Crippen LogP contribution in [0.1, 0.15) is 39.7 Å². The minimum atomic E-state index is -0.434. The van der Waals surface area contributed by atoms with Crippen molar-refractivity contribution in [2.24, 2.45) is 0 Å². The van der Waals surface area contributed by atoms with Gasteiger partial charge >= 0.3 is 6.09 Å². The molecule has 0 atom stereocenters. The molecule has 0 radical (unpaired) electrons. The van der Waals surface area contributed by atoms with Crippen LogP contribution in [0, 0.1) is 0 Å². The molecule has 2 N–H and O–H groups in total. The van der Waals surface area contributed by atoms with Crippen LogP contribution < -0.4 is 15.6 Å². The van der Waals surface area contributed by atoms with Crippen molar-refractivity contribution < 1.29 is 14.3 Å². The third kappa shape index (κ3) is 6.99. The second-order valence-corrected chi connectivity index (χ2v) is 5.49. The molecule has 1 aromatic rings. The summed E-state index contributed by atoms with van der Waals surface area (Å²) in [6.07, 6.45) is 0.534. The standard InChI is InChI=1S/C8H18N2O2.C7H6O/c1-5-6-9-10-7(11)12-8(2,3)4;1-2-6-4-7(3-1)8-5-6/h9H,5-6H2,1-4H3,(H,10,11);1-4H,5H2. The molecule has 0 saturated heterocycles. The molecule has 2 bridgehead atoms. The number of benzene rings is 1. The van der Waals surface area contributed by atoms with E-state index in [4.69, 9.17) is 9.47 Å². The number of hydrazine groups is 1. The third-order valence-corrected chi connectivity index (χ3v) is 2.27. The molecular formula is C15H24N2O3. The highest BCUT2D eigenvalue weighted by atomic mass is 16.6. The molecule has 0 unspecified atom stereocenters. The molecule has 112 valence electrons. The Morgan fingerprint density at radius 1 is 1.40 bits per heavy atom. The first-order chi connectivity index (χ1) is 9.40. The van der Waals surface area contributed by atoms with Gasteiger partial charge in [0.2, 0.25) is 0 Å². The summed E-state index contributed by atoms with van der Waals surface area (Å²) in [4.78, 5) is 10.9. The maximum atomic E-state index is 10.9. The predicted octanol–water partition coefficient (Wildman–Crippen LogP) is 3.00. The van der Waals surface area contributed by atoms with Crippen molar-refractivity contribution in [2.75, 3.05) is 6.54 Å². The van der Waals surface area contributed by atoms with Gasteiger partial charge in [-0.25, -0.2) is 10.2 Å². The summed E-state index contributed by atoms with van der Waals surface area (Å²) < 4.78 is 10.2. The van der Waals surface area contributed by atoms with Crippen LogP contribution in [0.15, 0.2) is 24.3 Å². The van der Waals surface area contributed by atoms with Gasteiger partial charge in [0.05, 0.1) is 0 Å². The smallest absolute Gasteiger partial charge is 0.422 e. The Morgan fingerprint density at radius 3 is 2.70 bits per heavy atom. The van der Waals surface area contributed by atoms with Crippen molar-refractivity contribution in [1.82, 2.24) is 10.9 Å². The molecular weight excluding hydrogens is 256 g/mol. The Kier molecular flexibility index (Phi) is 6.31. The summed E-state index contributed by atoms with van der Waals surface area (Å²) in [6.45, 7) is 9.01. The van der Waals surface area contributed by atoms with Crippen molar-refractivity contribution >= 4 is 6.09 Å². The van der Waals surface area contributed by atoms with E-state index in [2.05, 4.69) is 23.0 Å². The Labute approximate surface area is 120 Å². The Hall–Kier alpha value is -1.75. The quantitative estimate of drug-likeness (QED) is 0.660. The van der Waals surface area contributed by atoms with Crippen LogP contribution in [-0.4, -0.2) is 18.2 Å². The van der Waals surface area contributed by atoms with Gasteiger partial charge in [-0.1, -0.05) is 19.1 Å². The minimum absolute atomic E-state index is 0.433. The summed E-state index contributed by atoms with van der Waals surface area (Å²) >= 11 is 0. The number of nitrogens with one attached hydrogen (secondary N) is 2. The molecule has 0 aliphatic carbocycles. The fourth-order valence-electron chi connectivity index (χ4n) is 1.46. The molecule has 0 fully saturated rings. The molecule has 2 rings (SSSR count). The van der Waals surface area contributed by atoms with E-state index in [0.29, 0.717) is 0 Å². The molecule has 1 aliphatic heterocycles. The van der Waals surface area contributed by atoms with E-state index in [-0.39, 0.29) is 0 Å². The van der Waals surface area contributed by atoms with Crippen molar-refractivity contribution in [2.45, 2.75) is 46.3 Å². The fraction of sp³-hybridized carbons (Fsp3) is 0.533. The van der Waals surface area contributed by atoms with Gasteiger partial charge < -0.3 is 9.47 Å². The number of rotatable bonds is 3. The molecule has 0 spiro atoms. The molecule has 5 heteroatoms. The van der Waals surface area contributed by atoms with E-state index in [1.165, 1.54) is 5.56 Å². The number of carbonyl (C=O) groups excluding carboxylic acids is 1. The number of ether oxygens (including phenoxy) is 2. The zero-order valence-corrected chi connectivity index (χ0v) is 12.7. The molecule has 1 amide bonds. The average molecular weight is 280 g/mol.